The lowest BCUT2D eigenvalue weighted by Crippen LogP contribution is -2.42. The first-order valence-electron chi connectivity index (χ1n) is 9.69. The number of fused-ring (bicyclic) bond motifs is 1. The quantitative estimate of drug-likeness (QED) is 0.289. The molecule has 1 heterocycles. The van der Waals surface area contributed by atoms with Crippen LogP contribution >= 0.6 is 0 Å². The fourth-order valence-electron chi connectivity index (χ4n) is 3.49. The molecule has 27 heavy (non-hydrogen) atoms. The zero-order valence-electron chi connectivity index (χ0n) is 16.7. The Bertz CT molecular complexity index is 589. The van der Waals surface area contributed by atoms with E-state index in [9.17, 15) is 9.59 Å². The summed E-state index contributed by atoms with van der Waals surface area (Å²) in [5.74, 6) is -0.310. The standard InChI is InChI=1S/C20H31NO5Si/c1-24-27(25-2,26-3)16-12-8-6-4-5-7-11-15-21-19(22)17-13-9-10-14-18(17)20(21)23/h9-10,13-14H,4-8,11-12,15-16H2,1-3H3. The van der Waals surface area contributed by atoms with Gasteiger partial charge in [0, 0.05) is 33.9 Å². The Morgan fingerprint density at radius 3 is 1.67 bits per heavy atom. The molecular formula is C20H31NO5Si. The van der Waals surface area contributed by atoms with Crippen molar-refractivity contribution in [3.05, 3.63) is 35.4 Å². The van der Waals surface area contributed by atoms with Crippen molar-refractivity contribution < 1.29 is 22.9 Å². The van der Waals surface area contributed by atoms with E-state index in [1.165, 1.54) is 4.90 Å². The van der Waals surface area contributed by atoms with Crippen molar-refractivity contribution in [1.29, 1.82) is 0 Å². The molecule has 0 atom stereocenters. The normalized spacial score (nSPS) is 14.1. The maximum Gasteiger partial charge on any atom is 0.500 e. The highest BCUT2D eigenvalue weighted by molar-refractivity contribution is 6.60. The Balaban J connectivity index is 1.56. The number of amides is 2. The maximum absolute atomic E-state index is 12.3. The number of benzene rings is 1. The van der Waals surface area contributed by atoms with E-state index in [0.717, 1.165) is 51.0 Å². The molecule has 1 aliphatic rings. The van der Waals surface area contributed by atoms with Crippen LogP contribution in [0.25, 0.3) is 0 Å². The molecule has 0 aliphatic carbocycles. The van der Waals surface area contributed by atoms with Crippen molar-refractivity contribution in [1.82, 2.24) is 4.90 Å². The second-order valence-electron chi connectivity index (χ2n) is 6.83. The monoisotopic (exact) mass is 393 g/mol. The van der Waals surface area contributed by atoms with E-state index in [1.807, 2.05) is 0 Å². The van der Waals surface area contributed by atoms with Gasteiger partial charge in [-0.3, -0.25) is 14.5 Å². The van der Waals surface area contributed by atoms with Gasteiger partial charge >= 0.3 is 8.80 Å². The summed E-state index contributed by atoms with van der Waals surface area (Å²) in [6, 6.07) is 7.89. The average Bonchev–Trinajstić information content (AvgIpc) is 2.95. The van der Waals surface area contributed by atoms with Gasteiger partial charge in [-0.2, -0.15) is 0 Å². The van der Waals surface area contributed by atoms with Crippen LogP contribution in [0.15, 0.2) is 24.3 Å². The molecule has 6 nitrogen and oxygen atoms in total. The van der Waals surface area contributed by atoms with E-state index in [0.29, 0.717) is 17.7 Å². The van der Waals surface area contributed by atoms with Crippen LogP contribution in [-0.2, 0) is 13.3 Å². The highest BCUT2D eigenvalue weighted by atomic mass is 28.4. The lowest BCUT2D eigenvalue weighted by atomic mass is 10.1. The highest BCUT2D eigenvalue weighted by Gasteiger charge is 2.36. The van der Waals surface area contributed by atoms with Gasteiger partial charge in [-0.1, -0.05) is 44.2 Å². The molecule has 0 saturated heterocycles. The molecule has 0 bridgehead atoms. The number of hydrogen-bond donors (Lipinski definition) is 0. The molecule has 0 radical (unpaired) electrons. The largest absolute Gasteiger partial charge is 0.500 e. The molecular weight excluding hydrogens is 362 g/mol. The van der Waals surface area contributed by atoms with E-state index >= 15 is 0 Å². The molecule has 2 rings (SSSR count). The summed E-state index contributed by atoms with van der Waals surface area (Å²) in [5, 5.41) is 0. The fourth-order valence-corrected chi connectivity index (χ4v) is 5.29. The van der Waals surface area contributed by atoms with E-state index < -0.39 is 8.80 Å². The van der Waals surface area contributed by atoms with Gasteiger partial charge in [-0.15, -0.1) is 0 Å². The second-order valence-corrected chi connectivity index (χ2v) is 9.92. The highest BCUT2D eigenvalue weighted by Crippen LogP contribution is 2.23. The van der Waals surface area contributed by atoms with Crippen molar-refractivity contribution in [2.24, 2.45) is 0 Å². The van der Waals surface area contributed by atoms with Crippen LogP contribution in [0.2, 0.25) is 6.04 Å². The minimum absolute atomic E-state index is 0.155. The topological polar surface area (TPSA) is 65.1 Å². The maximum atomic E-state index is 12.3. The molecule has 0 spiro atoms. The molecule has 0 unspecified atom stereocenters. The van der Waals surface area contributed by atoms with Crippen LogP contribution < -0.4 is 0 Å². The second kappa shape index (κ2) is 10.7. The van der Waals surface area contributed by atoms with Gasteiger partial charge in [0.25, 0.3) is 11.8 Å². The molecule has 0 aromatic heterocycles. The SMILES string of the molecule is CO[Si](CCCCCCCCCN1C(=O)c2ccccc2C1=O)(OC)OC. The van der Waals surface area contributed by atoms with E-state index in [1.54, 1.807) is 45.6 Å². The number of carbonyl (C=O) groups excluding carboxylic acids is 2. The molecule has 7 heteroatoms. The van der Waals surface area contributed by atoms with Crippen molar-refractivity contribution in [2.75, 3.05) is 27.9 Å². The Labute approximate surface area is 163 Å². The Morgan fingerprint density at radius 1 is 0.741 bits per heavy atom. The Morgan fingerprint density at radius 2 is 1.19 bits per heavy atom. The Hall–Kier alpha value is -1.54. The molecule has 1 aliphatic heterocycles. The minimum atomic E-state index is -2.42. The lowest BCUT2D eigenvalue weighted by Gasteiger charge is -2.24. The predicted octanol–water partition coefficient (Wildman–Crippen LogP) is 3.89. The van der Waals surface area contributed by atoms with Crippen LogP contribution in [-0.4, -0.2) is 53.4 Å². The van der Waals surface area contributed by atoms with Crippen molar-refractivity contribution in [3.8, 4) is 0 Å². The van der Waals surface area contributed by atoms with Gasteiger partial charge in [-0.25, -0.2) is 0 Å². The average molecular weight is 394 g/mol. The number of unbranched alkanes of at least 4 members (excludes halogenated alkanes) is 6. The zero-order chi connectivity index (χ0) is 19.7. The first-order chi connectivity index (χ1) is 13.1. The lowest BCUT2D eigenvalue weighted by molar-refractivity contribution is 0.0651. The van der Waals surface area contributed by atoms with E-state index in [-0.39, 0.29) is 11.8 Å². The van der Waals surface area contributed by atoms with Crippen LogP contribution in [0.1, 0.15) is 65.7 Å². The van der Waals surface area contributed by atoms with Crippen molar-refractivity contribution in [2.45, 2.75) is 51.0 Å². The van der Waals surface area contributed by atoms with Crippen LogP contribution in [0, 0.1) is 0 Å². The van der Waals surface area contributed by atoms with Gasteiger partial charge < -0.3 is 13.3 Å². The zero-order valence-corrected chi connectivity index (χ0v) is 17.7. The van der Waals surface area contributed by atoms with Crippen molar-refractivity contribution >= 4 is 20.6 Å². The summed E-state index contributed by atoms with van der Waals surface area (Å²) in [4.78, 5) is 25.9. The smallest absolute Gasteiger partial charge is 0.377 e. The van der Waals surface area contributed by atoms with Gasteiger partial charge in [0.2, 0.25) is 0 Å². The van der Waals surface area contributed by atoms with Gasteiger partial charge in [0.15, 0.2) is 0 Å². The summed E-state index contributed by atoms with van der Waals surface area (Å²) in [5.41, 5.74) is 1.07. The summed E-state index contributed by atoms with van der Waals surface area (Å²) in [6.45, 7) is 0.510. The van der Waals surface area contributed by atoms with Gasteiger partial charge in [0.1, 0.15) is 0 Å². The summed E-state index contributed by atoms with van der Waals surface area (Å²) in [7, 11) is 2.52. The van der Waals surface area contributed by atoms with Crippen LogP contribution in [0.5, 0.6) is 0 Å². The molecule has 0 saturated carbocycles. The molecule has 1 aromatic rings. The molecule has 0 N–H and O–H groups in total. The predicted molar refractivity (Wildman–Crippen MR) is 106 cm³/mol. The van der Waals surface area contributed by atoms with Crippen LogP contribution in [0.3, 0.4) is 0 Å². The van der Waals surface area contributed by atoms with Gasteiger partial charge in [0.05, 0.1) is 11.1 Å². The van der Waals surface area contributed by atoms with E-state index in [2.05, 4.69) is 0 Å². The molecule has 0 fully saturated rings. The molecule has 2 amide bonds. The number of imide groups is 1. The molecule has 150 valence electrons. The number of nitrogens with zero attached hydrogens (tertiary/aromatic N) is 1. The van der Waals surface area contributed by atoms with Gasteiger partial charge in [-0.05, 0) is 25.0 Å². The first-order valence-corrected chi connectivity index (χ1v) is 11.6. The number of hydrogen-bond acceptors (Lipinski definition) is 5. The molecule has 1 aromatic carbocycles. The number of carbonyl (C=O) groups is 2. The first kappa shape index (κ1) is 21.8. The fraction of sp³-hybridized carbons (Fsp3) is 0.600. The minimum Gasteiger partial charge on any atom is -0.377 e. The Kier molecular flexibility index (Phi) is 8.62. The van der Waals surface area contributed by atoms with E-state index in [4.69, 9.17) is 13.3 Å². The third-order valence-corrected chi connectivity index (χ3v) is 8.01. The summed E-state index contributed by atoms with van der Waals surface area (Å²) in [6.07, 6.45) is 7.49. The van der Waals surface area contributed by atoms with Crippen LogP contribution in [0.4, 0.5) is 0 Å². The third kappa shape index (κ3) is 5.48. The summed E-state index contributed by atoms with van der Waals surface area (Å²) >= 11 is 0. The third-order valence-electron chi connectivity index (χ3n) is 5.18. The summed E-state index contributed by atoms with van der Waals surface area (Å²) < 4.78 is 16.3. The number of rotatable bonds is 13. The van der Waals surface area contributed by atoms with Crippen molar-refractivity contribution in [3.63, 3.8) is 0 Å².